The zero-order chi connectivity index (χ0) is 14.4. The molecule has 0 bridgehead atoms. The highest BCUT2D eigenvalue weighted by molar-refractivity contribution is 5.91. The van der Waals surface area contributed by atoms with Gasteiger partial charge in [-0.1, -0.05) is 0 Å². The summed E-state index contributed by atoms with van der Waals surface area (Å²) in [5.41, 5.74) is 1.90. The van der Waals surface area contributed by atoms with Crippen LogP contribution >= 0.6 is 12.4 Å². The number of methoxy groups -OCH3 is 1. The number of ether oxygens (including phenoxy) is 1. The molecule has 1 saturated heterocycles. The third-order valence-electron chi connectivity index (χ3n) is 3.95. The van der Waals surface area contributed by atoms with Gasteiger partial charge in [-0.15, -0.1) is 12.4 Å². The molecule has 0 aromatic heterocycles. The molecule has 0 aliphatic carbocycles. The van der Waals surface area contributed by atoms with E-state index >= 15 is 0 Å². The second-order valence-electron chi connectivity index (χ2n) is 5.46. The summed E-state index contributed by atoms with van der Waals surface area (Å²) in [4.78, 5) is 12.0. The Morgan fingerprint density at radius 3 is 2.71 bits per heavy atom. The van der Waals surface area contributed by atoms with Crippen molar-refractivity contribution in [3.63, 3.8) is 0 Å². The van der Waals surface area contributed by atoms with Crippen LogP contribution < -0.4 is 15.4 Å². The van der Waals surface area contributed by atoms with Gasteiger partial charge in [-0.3, -0.25) is 4.79 Å². The molecule has 0 spiro atoms. The standard InChI is InChI=1S/C16H24N2O2.ClH/c1-12-11-14(20-2)4-5-15(12)18-16(19)6-3-13-7-9-17-10-8-13;/h4-5,11,13,17H,3,6-10H2,1-2H3,(H,18,19);1H. The van der Waals surface area contributed by atoms with E-state index in [0.29, 0.717) is 12.3 Å². The van der Waals surface area contributed by atoms with E-state index in [1.807, 2.05) is 25.1 Å². The highest BCUT2D eigenvalue weighted by atomic mass is 35.5. The predicted molar refractivity (Wildman–Crippen MR) is 88.4 cm³/mol. The third-order valence-corrected chi connectivity index (χ3v) is 3.95. The molecule has 0 radical (unpaired) electrons. The van der Waals surface area contributed by atoms with Crippen LogP contribution in [0.4, 0.5) is 5.69 Å². The van der Waals surface area contributed by atoms with Crippen molar-refractivity contribution in [2.75, 3.05) is 25.5 Å². The number of anilines is 1. The van der Waals surface area contributed by atoms with Gasteiger partial charge in [0.1, 0.15) is 5.75 Å². The van der Waals surface area contributed by atoms with Crippen molar-refractivity contribution in [3.05, 3.63) is 23.8 Å². The van der Waals surface area contributed by atoms with Gasteiger partial charge in [-0.25, -0.2) is 0 Å². The molecule has 0 saturated carbocycles. The number of halogens is 1. The molecule has 2 N–H and O–H groups in total. The van der Waals surface area contributed by atoms with Crippen molar-refractivity contribution in [2.24, 2.45) is 5.92 Å². The second-order valence-corrected chi connectivity index (χ2v) is 5.46. The number of benzene rings is 1. The van der Waals surface area contributed by atoms with E-state index in [1.54, 1.807) is 7.11 Å². The van der Waals surface area contributed by atoms with Gasteiger partial charge in [-0.2, -0.15) is 0 Å². The fourth-order valence-corrected chi connectivity index (χ4v) is 2.62. The molecule has 118 valence electrons. The number of hydrogen-bond donors (Lipinski definition) is 2. The van der Waals surface area contributed by atoms with E-state index in [2.05, 4.69) is 10.6 Å². The zero-order valence-electron chi connectivity index (χ0n) is 12.8. The van der Waals surface area contributed by atoms with Crippen molar-refractivity contribution in [2.45, 2.75) is 32.6 Å². The lowest BCUT2D eigenvalue weighted by molar-refractivity contribution is -0.116. The van der Waals surface area contributed by atoms with E-state index < -0.39 is 0 Å². The summed E-state index contributed by atoms with van der Waals surface area (Å²) in [6, 6.07) is 5.70. The zero-order valence-corrected chi connectivity index (χ0v) is 13.6. The van der Waals surface area contributed by atoms with Gasteiger partial charge >= 0.3 is 0 Å². The monoisotopic (exact) mass is 312 g/mol. The Morgan fingerprint density at radius 1 is 1.38 bits per heavy atom. The lowest BCUT2D eigenvalue weighted by Gasteiger charge is -2.22. The first-order chi connectivity index (χ1) is 9.69. The normalized spacial score (nSPS) is 15.1. The van der Waals surface area contributed by atoms with E-state index in [9.17, 15) is 4.79 Å². The maximum Gasteiger partial charge on any atom is 0.224 e. The fourth-order valence-electron chi connectivity index (χ4n) is 2.62. The minimum atomic E-state index is 0. The van der Waals surface area contributed by atoms with Crippen LogP contribution in [0.25, 0.3) is 0 Å². The van der Waals surface area contributed by atoms with Crippen LogP contribution in [-0.4, -0.2) is 26.1 Å². The Labute approximate surface area is 133 Å². The quantitative estimate of drug-likeness (QED) is 0.878. The average Bonchev–Trinajstić information content (AvgIpc) is 2.48. The lowest BCUT2D eigenvalue weighted by Crippen LogP contribution is -2.28. The van der Waals surface area contributed by atoms with Crippen molar-refractivity contribution in [1.82, 2.24) is 5.32 Å². The average molecular weight is 313 g/mol. The van der Waals surface area contributed by atoms with Gasteiger partial charge in [0.05, 0.1) is 7.11 Å². The third kappa shape index (κ3) is 5.56. The molecular formula is C16H25ClN2O2. The maximum atomic E-state index is 12.0. The van der Waals surface area contributed by atoms with Crippen molar-refractivity contribution < 1.29 is 9.53 Å². The first-order valence-corrected chi connectivity index (χ1v) is 7.34. The predicted octanol–water partition coefficient (Wildman–Crippen LogP) is 3.14. The lowest BCUT2D eigenvalue weighted by atomic mass is 9.93. The molecule has 1 aromatic rings. The second kappa shape index (κ2) is 8.90. The van der Waals surface area contributed by atoms with Gasteiger partial charge in [0.25, 0.3) is 0 Å². The number of amides is 1. The van der Waals surface area contributed by atoms with Gasteiger partial charge in [0.2, 0.25) is 5.91 Å². The molecule has 1 amide bonds. The van der Waals surface area contributed by atoms with Gasteiger partial charge in [0.15, 0.2) is 0 Å². The number of nitrogens with one attached hydrogen (secondary N) is 2. The van der Waals surface area contributed by atoms with Crippen LogP contribution in [0.1, 0.15) is 31.2 Å². The van der Waals surface area contributed by atoms with Crippen molar-refractivity contribution >= 4 is 24.0 Å². The van der Waals surface area contributed by atoms with E-state index in [0.717, 1.165) is 36.5 Å². The summed E-state index contributed by atoms with van der Waals surface area (Å²) in [5.74, 6) is 1.62. The Hall–Kier alpha value is -1.26. The number of rotatable bonds is 5. The van der Waals surface area contributed by atoms with Crippen molar-refractivity contribution in [3.8, 4) is 5.75 Å². The Bertz CT molecular complexity index is 460. The molecule has 0 atom stereocenters. The molecule has 0 unspecified atom stereocenters. The van der Waals surface area contributed by atoms with Crippen LogP contribution in [0.3, 0.4) is 0 Å². The Balaban J connectivity index is 0.00000220. The molecule has 1 aliphatic rings. The first-order valence-electron chi connectivity index (χ1n) is 7.34. The van der Waals surface area contributed by atoms with E-state index in [4.69, 9.17) is 4.74 Å². The summed E-state index contributed by atoms with van der Waals surface area (Å²) in [6.45, 7) is 4.15. The van der Waals surface area contributed by atoms with Crippen molar-refractivity contribution in [1.29, 1.82) is 0 Å². The molecular weight excluding hydrogens is 288 g/mol. The smallest absolute Gasteiger partial charge is 0.224 e. The molecule has 21 heavy (non-hydrogen) atoms. The summed E-state index contributed by atoms with van der Waals surface area (Å²) >= 11 is 0. The minimum absolute atomic E-state index is 0. The largest absolute Gasteiger partial charge is 0.497 e. The first kappa shape index (κ1) is 17.8. The highest BCUT2D eigenvalue weighted by Crippen LogP contribution is 2.22. The number of aryl methyl sites for hydroxylation is 1. The van der Waals surface area contributed by atoms with Crippen LogP contribution in [-0.2, 0) is 4.79 Å². The van der Waals surface area contributed by atoms with Gasteiger partial charge in [-0.05, 0) is 69.0 Å². The molecule has 4 nitrogen and oxygen atoms in total. The summed E-state index contributed by atoms with van der Waals surface area (Å²) in [7, 11) is 1.64. The minimum Gasteiger partial charge on any atom is -0.497 e. The van der Waals surface area contributed by atoms with Crippen LogP contribution in [0, 0.1) is 12.8 Å². The Kier molecular flexibility index (Phi) is 7.54. The molecule has 1 aromatic carbocycles. The Morgan fingerprint density at radius 2 is 2.10 bits per heavy atom. The molecule has 5 heteroatoms. The fraction of sp³-hybridized carbons (Fsp3) is 0.562. The highest BCUT2D eigenvalue weighted by Gasteiger charge is 2.14. The number of hydrogen-bond acceptors (Lipinski definition) is 3. The molecule has 1 aliphatic heterocycles. The van der Waals surface area contributed by atoms with Gasteiger partial charge in [0, 0.05) is 12.1 Å². The maximum absolute atomic E-state index is 12.0. The van der Waals surface area contributed by atoms with Crippen LogP contribution in [0.15, 0.2) is 18.2 Å². The van der Waals surface area contributed by atoms with E-state index in [-0.39, 0.29) is 18.3 Å². The van der Waals surface area contributed by atoms with Gasteiger partial charge < -0.3 is 15.4 Å². The summed E-state index contributed by atoms with van der Waals surface area (Å²) in [5, 5.41) is 6.34. The van der Waals surface area contributed by atoms with Crippen LogP contribution in [0.2, 0.25) is 0 Å². The molecule has 1 fully saturated rings. The SMILES string of the molecule is COc1ccc(NC(=O)CCC2CCNCC2)c(C)c1.Cl. The van der Waals surface area contributed by atoms with Crippen LogP contribution in [0.5, 0.6) is 5.75 Å². The number of carbonyl (C=O) groups is 1. The molecule has 2 rings (SSSR count). The van der Waals surface area contributed by atoms with E-state index in [1.165, 1.54) is 12.8 Å². The number of carbonyl (C=O) groups excluding carboxylic acids is 1. The molecule has 1 heterocycles. The summed E-state index contributed by atoms with van der Waals surface area (Å²) < 4.78 is 5.16. The summed E-state index contributed by atoms with van der Waals surface area (Å²) in [6.07, 6.45) is 3.97. The topological polar surface area (TPSA) is 50.4 Å². The number of piperidine rings is 1.